The van der Waals surface area contributed by atoms with Gasteiger partial charge in [-0.05, 0) is 19.8 Å². The van der Waals surface area contributed by atoms with Crippen LogP contribution in [0.2, 0.25) is 0 Å². The van der Waals surface area contributed by atoms with Crippen molar-refractivity contribution in [3.05, 3.63) is 0 Å². The molecule has 0 radical (unpaired) electrons. The van der Waals surface area contributed by atoms with Gasteiger partial charge < -0.3 is 10.5 Å². The third kappa shape index (κ3) is 4.22. The van der Waals surface area contributed by atoms with Gasteiger partial charge in [0.05, 0.1) is 13.2 Å². The summed E-state index contributed by atoms with van der Waals surface area (Å²) in [5.41, 5.74) is 6.25. The van der Waals surface area contributed by atoms with Crippen molar-refractivity contribution in [3.63, 3.8) is 0 Å². The van der Waals surface area contributed by atoms with Crippen molar-refractivity contribution in [2.75, 3.05) is 26.3 Å². The van der Waals surface area contributed by atoms with Crippen molar-refractivity contribution in [1.29, 1.82) is 0 Å². The molecule has 1 aliphatic rings. The molecule has 0 bridgehead atoms. The van der Waals surface area contributed by atoms with Crippen molar-refractivity contribution < 1.29 is 4.74 Å². The van der Waals surface area contributed by atoms with Crippen LogP contribution in [-0.4, -0.2) is 42.8 Å². The molecule has 18 heavy (non-hydrogen) atoms. The summed E-state index contributed by atoms with van der Waals surface area (Å²) in [5.74, 6) is 0. The van der Waals surface area contributed by atoms with Gasteiger partial charge in [0.25, 0.3) is 0 Å². The number of nitrogens with zero attached hydrogens (tertiary/aromatic N) is 1. The van der Waals surface area contributed by atoms with E-state index >= 15 is 0 Å². The molecule has 0 aromatic rings. The zero-order valence-corrected chi connectivity index (χ0v) is 12.6. The molecule has 2 unspecified atom stereocenters. The molecule has 0 aromatic carbocycles. The van der Waals surface area contributed by atoms with E-state index in [4.69, 9.17) is 10.5 Å². The molecular weight excluding hydrogens is 224 g/mol. The largest absolute Gasteiger partial charge is 0.378 e. The van der Waals surface area contributed by atoms with E-state index in [0.29, 0.717) is 6.04 Å². The topological polar surface area (TPSA) is 38.5 Å². The van der Waals surface area contributed by atoms with Crippen LogP contribution in [0.25, 0.3) is 0 Å². The highest BCUT2D eigenvalue weighted by atomic mass is 16.5. The second-order valence-electron chi connectivity index (χ2n) is 5.84. The lowest BCUT2D eigenvalue weighted by molar-refractivity contribution is -0.0614. The Morgan fingerprint density at radius 2 is 2.06 bits per heavy atom. The number of nitrogens with two attached hydrogens (primary N) is 1. The third-order valence-electron chi connectivity index (χ3n) is 4.40. The molecule has 1 fully saturated rings. The Morgan fingerprint density at radius 1 is 1.28 bits per heavy atom. The van der Waals surface area contributed by atoms with Gasteiger partial charge in [0.1, 0.15) is 0 Å². The zero-order chi connectivity index (χ0) is 13.4. The Balaban J connectivity index is 2.54. The molecule has 3 heteroatoms. The SMILES string of the molecule is CCCCCCC(C)(CN)N1CCOCC1CC. The average molecular weight is 256 g/mol. The molecule has 1 heterocycles. The lowest BCUT2D eigenvalue weighted by atomic mass is 9.89. The number of hydrogen-bond acceptors (Lipinski definition) is 3. The molecule has 2 N–H and O–H groups in total. The summed E-state index contributed by atoms with van der Waals surface area (Å²) in [7, 11) is 0. The van der Waals surface area contributed by atoms with E-state index in [9.17, 15) is 0 Å². The highest BCUT2D eigenvalue weighted by molar-refractivity contribution is 4.92. The molecule has 0 saturated carbocycles. The lowest BCUT2D eigenvalue weighted by Gasteiger charge is -2.47. The van der Waals surface area contributed by atoms with E-state index in [1.807, 2.05) is 0 Å². The summed E-state index contributed by atoms with van der Waals surface area (Å²) in [4.78, 5) is 2.61. The first kappa shape index (κ1) is 15.9. The van der Waals surface area contributed by atoms with E-state index < -0.39 is 0 Å². The van der Waals surface area contributed by atoms with Gasteiger partial charge in [-0.2, -0.15) is 0 Å². The second kappa shape index (κ2) is 8.13. The van der Waals surface area contributed by atoms with Crippen LogP contribution in [0.5, 0.6) is 0 Å². The second-order valence-corrected chi connectivity index (χ2v) is 5.84. The number of ether oxygens (including phenoxy) is 1. The van der Waals surface area contributed by atoms with E-state index in [1.165, 1.54) is 32.1 Å². The molecule has 2 atom stereocenters. The summed E-state index contributed by atoms with van der Waals surface area (Å²) >= 11 is 0. The molecule has 0 aliphatic carbocycles. The van der Waals surface area contributed by atoms with Crippen LogP contribution < -0.4 is 5.73 Å². The summed E-state index contributed by atoms with van der Waals surface area (Å²) in [6, 6.07) is 0.554. The predicted octanol–water partition coefficient (Wildman–Crippen LogP) is 2.79. The highest BCUT2D eigenvalue weighted by Crippen LogP contribution is 2.27. The van der Waals surface area contributed by atoms with E-state index in [-0.39, 0.29) is 5.54 Å². The quantitative estimate of drug-likeness (QED) is 0.679. The number of morpholine rings is 1. The molecule has 0 amide bonds. The van der Waals surface area contributed by atoms with E-state index in [1.54, 1.807) is 0 Å². The van der Waals surface area contributed by atoms with Crippen LogP contribution in [0.1, 0.15) is 59.3 Å². The highest BCUT2D eigenvalue weighted by Gasteiger charge is 2.35. The van der Waals surface area contributed by atoms with Crippen LogP contribution in [0.3, 0.4) is 0 Å². The van der Waals surface area contributed by atoms with Crippen molar-refractivity contribution in [2.45, 2.75) is 70.9 Å². The first-order valence-electron chi connectivity index (χ1n) is 7.72. The maximum Gasteiger partial charge on any atom is 0.0622 e. The standard InChI is InChI=1S/C15H32N2O/c1-4-6-7-8-9-15(3,13-16)17-10-11-18-12-14(17)5-2/h14H,4-13,16H2,1-3H3. The zero-order valence-electron chi connectivity index (χ0n) is 12.6. The minimum atomic E-state index is 0.165. The summed E-state index contributed by atoms with van der Waals surface area (Å²) in [5, 5.41) is 0. The van der Waals surface area contributed by atoms with Crippen LogP contribution in [0.4, 0.5) is 0 Å². The van der Waals surface area contributed by atoms with Gasteiger partial charge >= 0.3 is 0 Å². The third-order valence-corrected chi connectivity index (χ3v) is 4.40. The first-order valence-corrected chi connectivity index (χ1v) is 7.72. The van der Waals surface area contributed by atoms with Gasteiger partial charge in [-0.25, -0.2) is 0 Å². The Kier molecular flexibility index (Phi) is 7.20. The van der Waals surface area contributed by atoms with Crippen molar-refractivity contribution in [3.8, 4) is 0 Å². The number of rotatable bonds is 8. The van der Waals surface area contributed by atoms with Gasteiger partial charge in [-0.15, -0.1) is 0 Å². The van der Waals surface area contributed by atoms with Gasteiger partial charge in [-0.1, -0.05) is 39.5 Å². The normalized spacial score (nSPS) is 25.0. The first-order chi connectivity index (χ1) is 8.68. The van der Waals surface area contributed by atoms with Crippen LogP contribution in [0.15, 0.2) is 0 Å². The molecule has 1 saturated heterocycles. The Morgan fingerprint density at radius 3 is 2.67 bits per heavy atom. The monoisotopic (exact) mass is 256 g/mol. The fourth-order valence-electron chi connectivity index (χ4n) is 3.00. The number of hydrogen-bond donors (Lipinski definition) is 1. The summed E-state index contributed by atoms with van der Waals surface area (Å²) in [6.07, 6.45) is 7.67. The molecule has 0 spiro atoms. The molecule has 3 nitrogen and oxygen atoms in total. The van der Waals surface area contributed by atoms with Gasteiger partial charge in [0.15, 0.2) is 0 Å². The van der Waals surface area contributed by atoms with Gasteiger partial charge in [0.2, 0.25) is 0 Å². The van der Waals surface area contributed by atoms with Crippen molar-refractivity contribution in [2.24, 2.45) is 5.73 Å². The fourth-order valence-corrected chi connectivity index (χ4v) is 3.00. The smallest absolute Gasteiger partial charge is 0.0622 e. The van der Waals surface area contributed by atoms with Gasteiger partial charge in [0, 0.05) is 24.7 Å². The molecule has 1 aliphatic heterocycles. The van der Waals surface area contributed by atoms with Crippen LogP contribution >= 0.6 is 0 Å². The molecule has 1 rings (SSSR count). The lowest BCUT2D eigenvalue weighted by Crippen LogP contribution is -2.60. The fraction of sp³-hybridized carbons (Fsp3) is 1.00. The average Bonchev–Trinajstić information content (AvgIpc) is 2.43. The Hall–Kier alpha value is -0.120. The minimum Gasteiger partial charge on any atom is -0.378 e. The van der Waals surface area contributed by atoms with Crippen molar-refractivity contribution >= 4 is 0 Å². The van der Waals surface area contributed by atoms with Crippen molar-refractivity contribution in [1.82, 2.24) is 4.90 Å². The maximum absolute atomic E-state index is 6.09. The molecular formula is C15H32N2O. The van der Waals surface area contributed by atoms with E-state index in [0.717, 1.165) is 32.7 Å². The maximum atomic E-state index is 6.09. The number of unbranched alkanes of at least 4 members (excludes halogenated alkanes) is 3. The summed E-state index contributed by atoms with van der Waals surface area (Å²) in [6.45, 7) is 10.4. The molecule has 108 valence electrons. The molecule has 0 aromatic heterocycles. The van der Waals surface area contributed by atoms with Gasteiger partial charge in [-0.3, -0.25) is 4.90 Å². The van der Waals surface area contributed by atoms with E-state index in [2.05, 4.69) is 25.7 Å². The van der Waals surface area contributed by atoms with Crippen LogP contribution in [-0.2, 0) is 4.74 Å². The predicted molar refractivity (Wildman–Crippen MR) is 77.8 cm³/mol. The van der Waals surface area contributed by atoms with Crippen LogP contribution in [0, 0.1) is 0 Å². The summed E-state index contributed by atoms with van der Waals surface area (Å²) < 4.78 is 5.60. The Labute approximate surface area is 113 Å². The Bertz CT molecular complexity index is 223. The minimum absolute atomic E-state index is 0.165.